The van der Waals surface area contributed by atoms with Gasteiger partial charge in [0.25, 0.3) is 5.56 Å². The maximum absolute atomic E-state index is 11.3. The second kappa shape index (κ2) is 4.55. The SMILES string of the molecule is O=C(O)c1cc(-c2ccccc2Br)c[nH]c1=O. The largest absolute Gasteiger partial charge is 0.477 e. The predicted molar refractivity (Wildman–Crippen MR) is 67.2 cm³/mol. The lowest BCUT2D eigenvalue weighted by Crippen LogP contribution is -2.16. The summed E-state index contributed by atoms with van der Waals surface area (Å²) in [7, 11) is 0. The molecule has 0 unspecified atom stereocenters. The molecule has 5 heteroatoms. The molecule has 2 aromatic rings. The monoisotopic (exact) mass is 293 g/mol. The van der Waals surface area contributed by atoms with Gasteiger partial charge in [-0.05, 0) is 23.3 Å². The van der Waals surface area contributed by atoms with Crippen LogP contribution in [0.2, 0.25) is 0 Å². The third-order valence-electron chi connectivity index (χ3n) is 2.32. The predicted octanol–water partition coefficient (Wildman–Crippen LogP) is 2.50. The van der Waals surface area contributed by atoms with Gasteiger partial charge in [-0.15, -0.1) is 0 Å². The molecule has 0 amide bonds. The summed E-state index contributed by atoms with van der Waals surface area (Å²) >= 11 is 3.37. The van der Waals surface area contributed by atoms with E-state index in [2.05, 4.69) is 20.9 Å². The Balaban J connectivity index is 2.62. The van der Waals surface area contributed by atoms with Crippen molar-refractivity contribution in [2.24, 2.45) is 0 Å². The summed E-state index contributed by atoms with van der Waals surface area (Å²) < 4.78 is 0.836. The van der Waals surface area contributed by atoms with Crippen molar-refractivity contribution in [2.75, 3.05) is 0 Å². The Morgan fingerprint density at radius 1 is 1.29 bits per heavy atom. The second-order valence-corrected chi connectivity index (χ2v) is 4.27. The molecule has 1 aromatic heterocycles. The van der Waals surface area contributed by atoms with Crippen molar-refractivity contribution in [1.29, 1.82) is 0 Å². The molecule has 0 aliphatic carbocycles. The minimum absolute atomic E-state index is 0.266. The number of pyridine rings is 1. The first-order valence-electron chi connectivity index (χ1n) is 4.80. The highest BCUT2D eigenvalue weighted by Crippen LogP contribution is 2.27. The van der Waals surface area contributed by atoms with Gasteiger partial charge in [0.05, 0.1) is 0 Å². The van der Waals surface area contributed by atoms with Crippen molar-refractivity contribution in [2.45, 2.75) is 0 Å². The summed E-state index contributed by atoms with van der Waals surface area (Å²) in [6, 6.07) is 8.74. The topological polar surface area (TPSA) is 70.2 Å². The van der Waals surface area contributed by atoms with E-state index in [9.17, 15) is 9.59 Å². The molecule has 0 fully saturated rings. The quantitative estimate of drug-likeness (QED) is 0.894. The van der Waals surface area contributed by atoms with Crippen molar-refractivity contribution >= 4 is 21.9 Å². The molecule has 0 saturated heterocycles. The third-order valence-corrected chi connectivity index (χ3v) is 3.01. The number of hydrogen-bond donors (Lipinski definition) is 2. The fourth-order valence-corrected chi connectivity index (χ4v) is 2.01. The van der Waals surface area contributed by atoms with Crippen LogP contribution in [-0.4, -0.2) is 16.1 Å². The van der Waals surface area contributed by atoms with Crippen LogP contribution < -0.4 is 5.56 Å². The van der Waals surface area contributed by atoms with E-state index in [0.29, 0.717) is 5.56 Å². The lowest BCUT2D eigenvalue weighted by molar-refractivity contribution is 0.0695. The zero-order valence-electron chi connectivity index (χ0n) is 8.61. The molecule has 0 aliphatic heterocycles. The molecular weight excluding hydrogens is 286 g/mol. The summed E-state index contributed by atoms with van der Waals surface area (Å²) in [4.78, 5) is 24.6. The lowest BCUT2D eigenvalue weighted by Gasteiger charge is -2.04. The first kappa shape index (κ1) is 11.6. The number of aromatic nitrogens is 1. The number of aromatic amines is 1. The number of H-pyrrole nitrogens is 1. The Morgan fingerprint density at radius 3 is 2.65 bits per heavy atom. The van der Waals surface area contributed by atoms with Gasteiger partial charge in [-0.3, -0.25) is 4.79 Å². The van der Waals surface area contributed by atoms with Crippen molar-refractivity contribution in [3.05, 3.63) is 56.9 Å². The molecule has 2 rings (SSSR count). The second-order valence-electron chi connectivity index (χ2n) is 3.42. The van der Waals surface area contributed by atoms with E-state index in [1.807, 2.05) is 24.3 Å². The zero-order chi connectivity index (χ0) is 12.4. The summed E-state index contributed by atoms with van der Waals surface area (Å²) in [5.41, 5.74) is 0.604. The minimum Gasteiger partial charge on any atom is -0.477 e. The van der Waals surface area contributed by atoms with Crippen LogP contribution in [0.15, 0.2) is 45.8 Å². The van der Waals surface area contributed by atoms with E-state index in [4.69, 9.17) is 5.11 Å². The molecule has 2 N–H and O–H groups in total. The fraction of sp³-hybridized carbons (Fsp3) is 0. The highest BCUT2D eigenvalue weighted by Gasteiger charge is 2.11. The van der Waals surface area contributed by atoms with E-state index in [1.165, 1.54) is 12.3 Å². The molecule has 1 heterocycles. The van der Waals surface area contributed by atoms with Crippen LogP contribution in [0.25, 0.3) is 11.1 Å². The van der Waals surface area contributed by atoms with Gasteiger partial charge >= 0.3 is 5.97 Å². The van der Waals surface area contributed by atoms with Crippen molar-refractivity contribution in [1.82, 2.24) is 4.98 Å². The summed E-state index contributed by atoms with van der Waals surface area (Å²) in [6.07, 6.45) is 1.49. The number of aromatic carboxylic acids is 1. The van der Waals surface area contributed by atoms with Gasteiger partial charge in [-0.25, -0.2) is 4.79 Å². The van der Waals surface area contributed by atoms with Gasteiger partial charge in [0.2, 0.25) is 0 Å². The van der Waals surface area contributed by atoms with Crippen molar-refractivity contribution in [3.8, 4) is 11.1 Å². The Bertz CT molecular complexity index is 634. The number of hydrogen-bond acceptors (Lipinski definition) is 2. The third kappa shape index (κ3) is 2.29. The normalized spacial score (nSPS) is 10.2. The molecule has 1 aromatic carbocycles. The van der Waals surface area contributed by atoms with Gasteiger partial charge in [-0.2, -0.15) is 0 Å². The van der Waals surface area contributed by atoms with E-state index < -0.39 is 11.5 Å². The first-order valence-corrected chi connectivity index (χ1v) is 5.60. The number of nitrogens with one attached hydrogen (secondary N) is 1. The van der Waals surface area contributed by atoms with Gasteiger partial charge in [-0.1, -0.05) is 34.1 Å². The molecular formula is C12H8BrNO3. The van der Waals surface area contributed by atoms with E-state index in [0.717, 1.165) is 10.0 Å². The smallest absolute Gasteiger partial charge is 0.341 e. The van der Waals surface area contributed by atoms with Gasteiger partial charge in [0, 0.05) is 10.7 Å². The van der Waals surface area contributed by atoms with Crippen LogP contribution in [0.4, 0.5) is 0 Å². The Hall–Kier alpha value is -1.88. The molecule has 0 aliphatic rings. The maximum atomic E-state index is 11.3. The van der Waals surface area contributed by atoms with Crippen molar-refractivity contribution in [3.63, 3.8) is 0 Å². The van der Waals surface area contributed by atoms with Crippen LogP contribution in [-0.2, 0) is 0 Å². The molecule has 0 radical (unpaired) electrons. The molecule has 0 bridgehead atoms. The number of halogens is 1. The fourth-order valence-electron chi connectivity index (χ4n) is 1.49. The van der Waals surface area contributed by atoms with Crippen molar-refractivity contribution < 1.29 is 9.90 Å². The van der Waals surface area contributed by atoms with E-state index >= 15 is 0 Å². The number of carboxylic acid groups (broad SMARTS) is 1. The summed E-state index contributed by atoms with van der Waals surface area (Å²) in [6.45, 7) is 0. The van der Waals surface area contributed by atoms with Gasteiger partial charge < -0.3 is 10.1 Å². The number of carbonyl (C=O) groups is 1. The molecule has 0 saturated carbocycles. The average molecular weight is 294 g/mol. The summed E-state index contributed by atoms with van der Waals surface area (Å²) in [5.74, 6) is -1.24. The number of rotatable bonds is 2. The van der Waals surface area contributed by atoms with Crippen LogP contribution in [0, 0.1) is 0 Å². The van der Waals surface area contributed by atoms with Gasteiger partial charge in [0.15, 0.2) is 0 Å². The summed E-state index contributed by atoms with van der Waals surface area (Å²) in [5, 5.41) is 8.87. The van der Waals surface area contributed by atoms with Crippen LogP contribution in [0.5, 0.6) is 0 Å². The van der Waals surface area contributed by atoms with E-state index in [-0.39, 0.29) is 5.56 Å². The van der Waals surface area contributed by atoms with Crippen LogP contribution >= 0.6 is 15.9 Å². The number of carboxylic acids is 1. The van der Waals surface area contributed by atoms with E-state index in [1.54, 1.807) is 0 Å². The average Bonchev–Trinajstić information content (AvgIpc) is 2.30. The molecule has 17 heavy (non-hydrogen) atoms. The first-order chi connectivity index (χ1) is 8.09. The Kier molecular flexibility index (Phi) is 3.10. The maximum Gasteiger partial charge on any atom is 0.341 e. The highest BCUT2D eigenvalue weighted by atomic mass is 79.9. The minimum atomic E-state index is -1.24. The molecule has 86 valence electrons. The van der Waals surface area contributed by atoms with Gasteiger partial charge in [0.1, 0.15) is 5.56 Å². The molecule has 0 atom stereocenters. The lowest BCUT2D eigenvalue weighted by atomic mass is 10.1. The van der Waals surface area contributed by atoms with Crippen LogP contribution in [0.1, 0.15) is 10.4 Å². The van der Waals surface area contributed by atoms with Crippen LogP contribution in [0.3, 0.4) is 0 Å². The Morgan fingerprint density at radius 2 is 2.00 bits per heavy atom. The molecule has 4 nitrogen and oxygen atoms in total. The number of benzene rings is 1. The highest BCUT2D eigenvalue weighted by molar-refractivity contribution is 9.10. The standard InChI is InChI=1S/C12H8BrNO3/c13-10-4-2-1-3-8(10)7-5-9(12(16)17)11(15)14-6-7/h1-6H,(H,14,15)(H,16,17). The zero-order valence-corrected chi connectivity index (χ0v) is 10.2. The Labute approximate surface area is 105 Å². The molecule has 0 spiro atoms.